The molecule has 162 valence electrons. The summed E-state index contributed by atoms with van der Waals surface area (Å²) in [6.07, 6.45) is 1.45. The van der Waals surface area contributed by atoms with E-state index in [0.29, 0.717) is 17.2 Å². The third-order valence-corrected chi connectivity index (χ3v) is 5.53. The maximum absolute atomic E-state index is 12.7. The van der Waals surface area contributed by atoms with Crippen molar-refractivity contribution in [1.29, 1.82) is 0 Å². The molecule has 4 amide bonds. The first kappa shape index (κ1) is 21.6. The number of nitrogens with zero attached hydrogens (tertiary/aromatic N) is 1. The first-order valence-electron chi connectivity index (χ1n) is 9.87. The maximum Gasteiger partial charge on any atom is 0.329 e. The van der Waals surface area contributed by atoms with Gasteiger partial charge in [0.2, 0.25) is 5.91 Å². The number of amides is 4. The van der Waals surface area contributed by atoms with Crippen molar-refractivity contribution in [3.63, 3.8) is 0 Å². The first-order chi connectivity index (χ1) is 15.3. The standard InChI is InChI=1S/C24H20BrN3O4/c1-14-4-3-5-16(10-14)26-22(29)13-28-23(30)20(27-24(28)31)12-17-7-9-21(32-17)18-8-6-15(2)11-19(18)25/h3-12H,13H2,1-2H3,(H,26,29)(H,27,31)/b20-12-. The van der Waals surface area contributed by atoms with Crippen LogP contribution in [0.5, 0.6) is 0 Å². The summed E-state index contributed by atoms with van der Waals surface area (Å²) < 4.78 is 6.73. The predicted molar refractivity (Wildman–Crippen MR) is 125 cm³/mol. The lowest BCUT2D eigenvalue weighted by molar-refractivity contribution is -0.127. The van der Waals surface area contributed by atoms with Gasteiger partial charge in [-0.1, -0.05) is 34.1 Å². The van der Waals surface area contributed by atoms with E-state index in [4.69, 9.17) is 4.42 Å². The molecule has 8 heteroatoms. The fraction of sp³-hybridized carbons (Fsp3) is 0.125. The van der Waals surface area contributed by atoms with Gasteiger partial charge in [-0.25, -0.2) is 9.69 Å². The smallest absolute Gasteiger partial charge is 0.329 e. The molecule has 2 N–H and O–H groups in total. The van der Waals surface area contributed by atoms with Gasteiger partial charge in [0.25, 0.3) is 5.91 Å². The Morgan fingerprint density at radius 3 is 2.62 bits per heavy atom. The molecule has 0 bridgehead atoms. The van der Waals surface area contributed by atoms with Gasteiger partial charge in [-0.15, -0.1) is 0 Å². The quantitative estimate of drug-likeness (QED) is 0.392. The molecule has 4 rings (SSSR count). The van der Waals surface area contributed by atoms with Crippen molar-refractivity contribution in [1.82, 2.24) is 10.2 Å². The number of aryl methyl sites for hydroxylation is 2. The fourth-order valence-electron chi connectivity index (χ4n) is 3.32. The van der Waals surface area contributed by atoms with Crippen LogP contribution in [0.1, 0.15) is 16.9 Å². The molecule has 1 aromatic heterocycles. The molecule has 1 saturated heterocycles. The van der Waals surface area contributed by atoms with Crippen LogP contribution in [0, 0.1) is 13.8 Å². The van der Waals surface area contributed by atoms with Gasteiger partial charge in [0.15, 0.2) is 0 Å². The van der Waals surface area contributed by atoms with Crippen LogP contribution in [0.2, 0.25) is 0 Å². The molecule has 0 radical (unpaired) electrons. The minimum atomic E-state index is -0.659. The molecule has 0 spiro atoms. The highest BCUT2D eigenvalue weighted by Gasteiger charge is 2.35. The van der Waals surface area contributed by atoms with Gasteiger partial charge < -0.3 is 15.1 Å². The monoisotopic (exact) mass is 493 g/mol. The van der Waals surface area contributed by atoms with Crippen molar-refractivity contribution in [3.05, 3.63) is 81.7 Å². The van der Waals surface area contributed by atoms with Crippen LogP contribution < -0.4 is 10.6 Å². The van der Waals surface area contributed by atoms with E-state index in [1.54, 1.807) is 24.3 Å². The normalized spacial score (nSPS) is 14.7. The van der Waals surface area contributed by atoms with Crippen molar-refractivity contribution in [3.8, 4) is 11.3 Å². The molecule has 1 aliphatic rings. The van der Waals surface area contributed by atoms with E-state index in [0.717, 1.165) is 26.1 Å². The van der Waals surface area contributed by atoms with Gasteiger partial charge >= 0.3 is 6.03 Å². The molecule has 0 saturated carbocycles. The van der Waals surface area contributed by atoms with Crippen LogP contribution in [0.25, 0.3) is 17.4 Å². The number of nitrogens with one attached hydrogen (secondary N) is 2. The molecular formula is C24H20BrN3O4. The fourth-order valence-corrected chi connectivity index (χ4v) is 4.01. The number of imide groups is 1. The number of carbonyl (C=O) groups is 3. The summed E-state index contributed by atoms with van der Waals surface area (Å²) in [4.78, 5) is 38.1. The molecule has 1 fully saturated rings. The maximum atomic E-state index is 12.7. The number of hydrogen-bond acceptors (Lipinski definition) is 4. The number of benzene rings is 2. The Morgan fingerprint density at radius 1 is 1.09 bits per heavy atom. The molecule has 3 aromatic rings. The van der Waals surface area contributed by atoms with Gasteiger partial charge in [0.05, 0.1) is 0 Å². The average Bonchev–Trinajstić information content (AvgIpc) is 3.28. The van der Waals surface area contributed by atoms with E-state index in [-0.39, 0.29) is 5.70 Å². The Kier molecular flexibility index (Phi) is 5.96. The summed E-state index contributed by atoms with van der Waals surface area (Å²) in [7, 11) is 0. The summed E-state index contributed by atoms with van der Waals surface area (Å²) in [5.74, 6) is -0.0363. The second kappa shape index (κ2) is 8.84. The van der Waals surface area contributed by atoms with E-state index < -0.39 is 24.4 Å². The van der Waals surface area contributed by atoms with Crippen molar-refractivity contribution < 1.29 is 18.8 Å². The molecule has 32 heavy (non-hydrogen) atoms. The van der Waals surface area contributed by atoms with E-state index in [2.05, 4.69) is 26.6 Å². The summed E-state index contributed by atoms with van der Waals surface area (Å²) in [6.45, 7) is 3.51. The summed E-state index contributed by atoms with van der Waals surface area (Å²) in [6, 6.07) is 16.0. The molecule has 2 heterocycles. The molecule has 7 nitrogen and oxygen atoms in total. The molecule has 0 aliphatic carbocycles. The number of rotatable bonds is 5. The van der Waals surface area contributed by atoms with E-state index >= 15 is 0 Å². The number of anilines is 1. The SMILES string of the molecule is Cc1cccc(NC(=O)CN2C(=O)N/C(=C\c3ccc(-c4ccc(C)cc4Br)o3)C2=O)c1. The zero-order chi connectivity index (χ0) is 22.8. The number of halogens is 1. The molecule has 0 unspecified atom stereocenters. The van der Waals surface area contributed by atoms with Crippen LogP contribution in [0.4, 0.5) is 10.5 Å². The first-order valence-corrected chi connectivity index (χ1v) is 10.7. The van der Waals surface area contributed by atoms with Gasteiger partial charge in [-0.05, 0) is 61.4 Å². The van der Waals surface area contributed by atoms with E-state index in [1.165, 1.54) is 6.08 Å². The Labute approximate surface area is 193 Å². The van der Waals surface area contributed by atoms with Crippen molar-refractivity contribution >= 4 is 45.5 Å². The number of urea groups is 1. The van der Waals surface area contributed by atoms with Gasteiger partial charge in [-0.2, -0.15) is 0 Å². The number of carbonyl (C=O) groups excluding carboxylic acids is 3. The van der Waals surface area contributed by atoms with Crippen molar-refractivity contribution in [2.24, 2.45) is 0 Å². The Morgan fingerprint density at radius 2 is 1.88 bits per heavy atom. The summed E-state index contributed by atoms with van der Waals surface area (Å²) in [5.41, 5.74) is 3.61. The zero-order valence-electron chi connectivity index (χ0n) is 17.4. The number of hydrogen-bond donors (Lipinski definition) is 2. The second-order valence-electron chi connectivity index (χ2n) is 7.48. The van der Waals surface area contributed by atoms with Crippen LogP contribution in [0.15, 0.2) is 69.2 Å². The largest absolute Gasteiger partial charge is 0.457 e. The lowest BCUT2D eigenvalue weighted by Gasteiger charge is -2.12. The third kappa shape index (κ3) is 4.65. The Hall–Kier alpha value is -3.65. The topological polar surface area (TPSA) is 91.7 Å². The van der Waals surface area contributed by atoms with Crippen LogP contribution in [-0.4, -0.2) is 29.3 Å². The Bertz CT molecular complexity index is 1260. The number of furan rings is 1. The van der Waals surface area contributed by atoms with Gasteiger partial charge in [0.1, 0.15) is 23.8 Å². The minimum Gasteiger partial charge on any atom is -0.457 e. The zero-order valence-corrected chi connectivity index (χ0v) is 19.0. The van der Waals surface area contributed by atoms with E-state index in [1.807, 2.05) is 44.2 Å². The molecule has 2 aromatic carbocycles. The molecule has 0 atom stereocenters. The average molecular weight is 494 g/mol. The highest BCUT2D eigenvalue weighted by atomic mass is 79.9. The van der Waals surface area contributed by atoms with Gasteiger partial charge in [-0.3, -0.25) is 9.59 Å². The van der Waals surface area contributed by atoms with Crippen LogP contribution in [0.3, 0.4) is 0 Å². The Balaban J connectivity index is 1.46. The van der Waals surface area contributed by atoms with Crippen LogP contribution >= 0.6 is 15.9 Å². The molecule has 1 aliphatic heterocycles. The summed E-state index contributed by atoms with van der Waals surface area (Å²) >= 11 is 3.53. The third-order valence-electron chi connectivity index (χ3n) is 4.87. The van der Waals surface area contributed by atoms with E-state index in [9.17, 15) is 14.4 Å². The lowest BCUT2D eigenvalue weighted by Crippen LogP contribution is -2.38. The lowest BCUT2D eigenvalue weighted by atomic mass is 10.1. The van der Waals surface area contributed by atoms with Crippen molar-refractivity contribution in [2.75, 3.05) is 11.9 Å². The minimum absolute atomic E-state index is 0.0437. The molecular weight excluding hydrogens is 474 g/mol. The van der Waals surface area contributed by atoms with Gasteiger partial charge in [0, 0.05) is 21.8 Å². The van der Waals surface area contributed by atoms with Crippen LogP contribution in [-0.2, 0) is 9.59 Å². The highest BCUT2D eigenvalue weighted by Crippen LogP contribution is 2.31. The predicted octanol–water partition coefficient (Wildman–Crippen LogP) is 4.86. The second-order valence-corrected chi connectivity index (χ2v) is 8.34. The summed E-state index contributed by atoms with van der Waals surface area (Å²) in [5, 5.41) is 5.19. The highest BCUT2D eigenvalue weighted by molar-refractivity contribution is 9.10. The van der Waals surface area contributed by atoms with Crippen molar-refractivity contribution in [2.45, 2.75) is 13.8 Å².